The van der Waals surface area contributed by atoms with Crippen molar-refractivity contribution in [1.29, 1.82) is 0 Å². The fourth-order valence-corrected chi connectivity index (χ4v) is 7.76. The molecule has 0 saturated carbocycles. The molecule has 5 atom stereocenters. The third kappa shape index (κ3) is 16.9. The number of primary amides is 1. The van der Waals surface area contributed by atoms with Gasteiger partial charge in [-0.15, -0.1) is 16.6 Å². The van der Waals surface area contributed by atoms with Crippen molar-refractivity contribution in [2.75, 3.05) is 120 Å². The largest absolute Gasteiger partial charge is 0.481 e. The molecule has 71 heavy (non-hydrogen) atoms. The number of aromatic nitrogens is 9. The predicted molar refractivity (Wildman–Crippen MR) is 259 cm³/mol. The highest BCUT2D eigenvalue weighted by Crippen LogP contribution is 2.26. The van der Waals surface area contributed by atoms with Crippen molar-refractivity contribution in [1.82, 2.24) is 54.7 Å². The second-order valence-electron chi connectivity index (χ2n) is 17.1. The van der Waals surface area contributed by atoms with E-state index < -0.39 is 30.0 Å². The van der Waals surface area contributed by atoms with Gasteiger partial charge in [-0.05, 0) is 25.2 Å². The van der Waals surface area contributed by atoms with Crippen LogP contribution < -0.4 is 43.8 Å². The van der Waals surface area contributed by atoms with Gasteiger partial charge in [0.15, 0.2) is 5.96 Å². The number of terminal acetylenes is 1. The van der Waals surface area contributed by atoms with Gasteiger partial charge in [0, 0.05) is 78.3 Å². The zero-order valence-corrected chi connectivity index (χ0v) is 40.6. The van der Waals surface area contributed by atoms with Gasteiger partial charge in [0.25, 0.3) is 0 Å². The molecule has 1 unspecified atom stereocenters. The van der Waals surface area contributed by atoms with Gasteiger partial charge in [0.1, 0.15) is 18.7 Å². The summed E-state index contributed by atoms with van der Waals surface area (Å²) in [4.78, 5) is 77.3. The molecule has 5 heterocycles. The molecular formula is C43H70N20O8. The number of guanidine groups is 1. The van der Waals surface area contributed by atoms with Crippen LogP contribution in [-0.4, -0.2) is 195 Å². The fraction of sp³-hybridized carbons (Fsp3) is 0.674. The van der Waals surface area contributed by atoms with Crippen LogP contribution in [0, 0.1) is 18.3 Å². The van der Waals surface area contributed by atoms with Crippen molar-refractivity contribution in [2.24, 2.45) is 39.6 Å². The number of carboxylic acid groups (broad SMARTS) is 1. The second kappa shape index (κ2) is 28.1. The minimum atomic E-state index is -1.08. The van der Waals surface area contributed by atoms with Crippen molar-refractivity contribution in [2.45, 2.75) is 76.5 Å². The molecule has 12 N–H and O–H groups in total. The number of nitrogens with one attached hydrogen (secondary N) is 1. The summed E-state index contributed by atoms with van der Waals surface area (Å²) >= 11 is 0. The third-order valence-electron chi connectivity index (χ3n) is 12.0. The summed E-state index contributed by atoms with van der Waals surface area (Å²) in [6, 6.07) is -2.84. The number of carbonyl (C=O) groups is 4. The highest BCUT2D eigenvalue weighted by molar-refractivity contribution is 5.82. The van der Waals surface area contributed by atoms with Crippen LogP contribution in [0.4, 0.5) is 17.8 Å². The van der Waals surface area contributed by atoms with E-state index >= 15 is 0 Å². The number of piperazine rings is 2. The Balaban J connectivity index is 1.28. The average molecular weight is 995 g/mol. The SMILES string of the molecule is C#CCOCCOCCOCCNc1nc(N2CCN(C(=O)[C@H](CCCN=C(N)N)n3cc(C(N)[C@@H](C)CC)nn3)CC2)nc(N2CCN(C(=O)[C@H](CCC(=O)O)n3cc([C@@H](N)CC(N)=O)nn3)CC2)n1. The van der Waals surface area contributed by atoms with Crippen LogP contribution in [0.1, 0.15) is 87.9 Å². The van der Waals surface area contributed by atoms with Crippen molar-refractivity contribution in [3.63, 3.8) is 0 Å². The van der Waals surface area contributed by atoms with Gasteiger partial charge in [0.2, 0.25) is 35.6 Å². The van der Waals surface area contributed by atoms with E-state index in [2.05, 4.69) is 43.8 Å². The number of ether oxygens (including phenoxy) is 3. The molecule has 0 bridgehead atoms. The van der Waals surface area contributed by atoms with Gasteiger partial charge in [-0.2, -0.15) is 15.0 Å². The Kier molecular flexibility index (Phi) is 21.9. The van der Waals surface area contributed by atoms with Gasteiger partial charge in [-0.25, -0.2) is 9.36 Å². The lowest BCUT2D eigenvalue weighted by Crippen LogP contribution is -2.52. The van der Waals surface area contributed by atoms with Gasteiger partial charge >= 0.3 is 5.97 Å². The molecule has 3 amide bonds. The number of aliphatic imine (C=N–C) groups is 1. The molecule has 5 rings (SSSR count). The standard InChI is InChI=1S/C43H70N20O8/c1-4-20-69-22-24-71-25-23-70-21-11-50-41-51-42(60-16-12-58(13-17-60)38(67)33(7-6-10-49-40(47)48)63-28-32(55-57-63)37(46)29(3)5-2)53-43(52-41)61-18-14-59(15-19-61)39(68)34(8-9-36(65)66)62-27-31(54-56-62)30(44)26-35(45)64/h1,27-30,33-34,37H,5-26,44,46H2,2-3H3,(H2,45,64)(H,65,66)(H4,47,48,49)(H,50,51,52,53)/t29-,30-,33-,34-,37?/m0/s1. The van der Waals surface area contributed by atoms with Crippen molar-refractivity contribution in [3.8, 4) is 12.3 Å². The second-order valence-corrected chi connectivity index (χ2v) is 17.1. The number of aliphatic carboxylic acids is 1. The number of carboxylic acids is 1. The molecule has 3 aromatic heterocycles. The van der Waals surface area contributed by atoms with Crippen LogP contribution in [0.15, 0.2) is 17.4 Å². The van der Waals surface area contributed by atoms with E-state index in [1.165, 1.54) is 10.9 Å². The first-order chi connectivity index (χ1) is 34.2. The normalized spacial score (nSPS) is 16.2. The number of anilines is 3. The van der Waals surface area contributed by atoms with E-state index in [1.54, 1.807) is 20.7 Å². The van der Waals surface area contributed by atoms with Crippen molar-refractivity contribution >= 4 is 47.5 Å². The highest BCUT2D eigenvalue weighted by atomic mass is 16.5. The van der Waals surface area contributed by atoms with Crippen LogP contribution in [0.25, 0.3) is 0 Å². The maximum atomic E-state index is 14.3. The van der Waals surface area contributed by atoms with Gasteiger partial charge < -0.3 is 72.9 Å². The van der Waals surface area contributed by atoms with E-state index in [9.17, 15) is 24.3 Å². The third-order valence-corrected chi connectivity index (χ3v) is 12.0. The van der Waals surface area contributed by atoms with Crippen molar-refractivity contribution in [3.05, 3.63) is 23.8 Å². The number of hydrogen-bond donors (Lipinski definition) is 7. The van der Waals surface area contributed by atoms with E-state index in [0.29, 0.717) is 122 Å². The molecule has 390 valence electrons. The van der Waals surface area contributed by atoms with Crippen LogP contribution in [0.3, 0.4) is 0 Å². The Morgan fingerprint density at radius 2 is 1.32 bits per heavy atom. The summed E-state index contributed by atoms with van der Waals surface area (Å²) in [6.45, 7) is 9.60. The highest BCUT2D eigenvalue weighted by Gasteiger charge is 2.34. The van der Waals surface area contributed by atoms with Gasteiger partial charge in [0.05, 0.1) is 68.9 Å². The Morgan fingerprint density at radius 3 is 1.86 bits per heavy atom. The van der Waals surface area contributed by atoms with Crippen LogP contribution in [-0.2, 0) is 33.4 Å². The lowest BCUT2D eigenvalue weighted by atomic mass is 9.98. The van der Waals surface area contributed by atoms with E-state index in [0.717, 1.165) is 6.42 Å². The lowest BCUT2D eigenvalue weighted by Gasteiger charge is -2.38. The van der Waals surface area contributed by atoms with Gasteiger partial charge in [-0.3, -0.25) is 24.2 Å². The van der Waals surface area contributed by atoms with Crippen LogP contribution in [0.5, 0.6) is 0 Å². The number of amides is 3. The number of nitrogens with zero attached hydrogens (tertiary/aromatic N) is 14. The molecule has 0 aliphatic carbocycles. The Morgan fingerprint density at radius 1 is 0.789 bits per heavy atom. The fourth-order valence-electron chi connectivity index (χ4n) is 7.76. The quantitative estimate of drug-likeness (QED) is 0.0161. The van der Waals surface area contributed by atoms with E-state index in [-0.39, 0.29) is 74.4 Å². The number of rotatable bonds is 30. The van der Waals surface area contributed by atoms with E-state index in [1.807, 2.05) is 16.7 Å². The average Bonchev–Trinajstić information content (AvgIpc) is 4.06. The summed E-state index contributed by atoms with van der Waals surface area (Å²) in [6.07, 6.45) is 9.65. The zero-order chi connectivity index (χ0) is 51.3. The first-order valence-electron chi connectivity index (χ1n) is 23.8. The molecule has 0 spiro atoms. The molecule has 28 nitrogen and oxygen atoms in total. The Labute approximate surface area is 412 Å². The molecule has 2 aliphatic heterocycles. The molecule has 2 saturated heterocycles. The van der Waals surface area contributed by atoms with E-state index in [4.69, 9.17) is 64.3 Å². The maximum absolute atomic E-state index is 14.3. The predicted octanol–water partition coefficient (Wildman–Crippen LogP) is -2.23. The van der Waals surface area contributed by atoms with Crippen molar-refractivity contribution < 1.29 is 38.5 Å². The molecule has 28 heteroatoms. The zero-order valence-electron chi connectivity index (χ0n) is 40.6. The maximum Gasteiger partial charge on any atom is 0.303 e. The summed E-state index contributed by atoms with van der Waals surface area (Å²) in [7, 11) is 0. The number of carbonyl (C=O) groups excluding carboxylic acids is 3. The summed E-state index contributed by atoms with van der Waals surface area (Å²) in [5, 5.41) is 29.5. The smallest absolute Gasteiger partial charge is 0.303 e. The summed E-state index contributed by atoms with van der Waals surface area (Å²) < 4.78 is 19.3. The monoisotopic (exact) mass is 995 g/mol. The summed E-state index contributed by atoms with van der Waals surface area (Å²) in [5.41, 5.74) is 29.8. The molecule has 2 aliphatic rings. The molecule has 0 radical (unpaired) electrons. The number of nitrogens with two attached hydrogens (primary N) is 5. The van der Waals surface area contributed by atoms with Crippen LogP contribution in [0.2, 0.25) is 0 Å². The van der Waals surface area contributed by atoms with Crippen LogP contribution >= 0.6 is 0 Å². The first kappa shape index (κ1) is 55.1. The van der Waals surface area contributed by atoms with Gasteiger partial charge in [-0.1, -0.05) is 36.6 Å². The Hall–Kier alpha value is -6.80. The minimum Gasteiger partial charge on any atom is -0.481 e. The number of hydrogen-bond acceptors (Lipinski definition) is 20. The lowest BCUT2D eigenvalue weighted by molar-refractivity contribution is -0.139. The minimum absolute atomic E-state index is 0.0265. The molecular weight excluding hydrogens is 925 g/mol. The molecule has 2 fully saturated rings. The topological polar surface area (TPSA) is 384 Å². The molecule has 0 aromatic carbocycles. The molecule has 3 aromatic rings. The summed E-state index contributed by atoms with van der Waals surface area (Å²) in [5.74, 6) is 1.42. The Bertz CT molecular complexity index is 2230. The first-order valence-corrected chi connectivity index (χ1v) is 23.8.